The van der Waals surface area contributed by atoms with Gasteiger partial charge in [-0.2, -0.15) is 0 Å². The van der Waals surface area contributed by atoms with Crippen LogP contribution in [0.15, 0.2) is 13.6 Å². The molecule has 0 saturated heterocycles. The highest BCUT2D eigenvalue weighted by Gasteiger charge is 2.17. The molecule has 1 aromatic heterocycles. The molecule has 1 rings (SSSR count). The maximum atomic E-state index is 11.5. The molecule has 5 nitrogen and oxygen atoms in total. The summed E-state index contributed by atoms with van der Waals surface area (Å²) in [5.41, 5.74) is 0. The summed E-state index contributed by atoms with van der Waals surface area (Å²) in [4.78, 5) is 22.3. The molecular formula is C11H16O5. The standard InChI is InChI=1S/C11H16O5/c1-4-8(5-2)10(12)14-6-9-7(3)15-11(13)16-9/h8H,4-6H2,1-3H3. The summed E-state index contributed by atoms with van der Waals surface area (Å²) in [6, 6.07) is 0. The smallest absolute Gasteiger partial charge is 0.457 e. The highest BCUT2D eigenvalue weighted by atomic mass is 16.6. The first-order valence-electron chi connectivity index (χ1n) is 5.34. The van der Waals surface area contributed by atoms with Gasteiger partial charge in [-0.15, -0.1) is 0 Å². The molecule has 1 aromatic rings. The van der Waals surface area contributed by atoms with Gasteiger partial charge in [0.25, 0.3) is 0 Å². The van der Waals surface area contributed by atoms with Gasteiger partial charge in [-0.05, 0) is 19.8 Å². The Bertz CT molecular complexity index is 397. The minimum Gasteiger partial charge on any atom is -0.457 e. The second-order valence-electron chi connectivity index (χ2n) is 3.55. The topological polar surface area (TPSA) is 69.7 Å². The minimum atomic E-state index is -0.772. The molecule has 1 heterocycles. The number of hydrogen-bond donors (Lipinski definition) is 0. The predicted molar refractivity (Wildman–Crippen MR) is 55.8 cm³/mol. The molecule has 0 bridgehead atoms. The number of rotatable bonds is 5. The van der Waals surface area contributed by atoms with Crippen LogP contribution in [0.5, 0.6) is 0 Å². The Labute approximate surface area is 93.4 Å². The molecule has 0 radical (unpaired) electrons. The molecule has 90 valence electrons. The Morgan fingerprint density at radius 1 is 1.31 bits per heavy atom. The van der Waals surface area contributed by atoms with Crippen molar-refractivity contribution in [1.29, 1.82) is 0 Å². The van der Waals surface area contributed by atoms with E-state index in [-0.39, 0.29) is 24.3 Å². The van der Waals surface area contributed by atoms with Gasteiger partial charge in [0.05, 0.1) is 5.92 Å². The second-order valence-corrected chi connectivity index (χ2v) is 3.55. The number of carbonyl (C=O) groups excluding carboxylic acids is 1. The fourth-order valence-electron chi connectivity index (χ4n) is 1.38. The van der Waals surface area contributed by atoms with Gasteiger partial charge in [-0.1, -0.05) is 13.8 Å². The van der Waals surface area contributed by atoms with Gasteiger partial charge in [-0.3, -0.25) is 4.79 Å². The molecule has 0 amide bonds. The largest absolute Gasteiger partial charge is 0.519 e. The quantitative estimate of drug-likeness (QED) is 0.721. The Kier molecular flexibility index (Phi) is 4.34. The van der Waals surface area contributed by atoms with E-state index < -0.39 is 5.82 Å². The van der Waals surface area contributed by atoms with Crippen molar-refractivity contribution < 1.29 is 18.4 Å². The minimum absolute atomic E-state index is 0.0487. The van der Waals surface area contributed by atoms with Gasteiger partial charge in [0.2, 0.25) is 0 Å². The van der Waals surface area contributed by atoms with Crippen molar-refractivity contribution in [2.24, 2.45) is 5.92 Å². The van der Waals surface area contributed by atoms with Gasteiger partial charge in [0, 0.05) is 0 Å². The van der Waals surface area contributed by atoms with Gasteiger partial charge < -0.3 is 13.6 Å². The summed E-state index contributed by atoms with van der Waals surface area (Å²) >= 11 is 0. The molecule has 0 aromatic carbocycles. The maximum Gasteiger partial charge on any atom is 0.519 e. The van der Waals surface area contributed by atoms with Crippen LogP contribution in [0.2, 0.25) is 0 Å². The lowest BCUT2D eigenvalue weighted by Gasteiger charge is -2.10. The average molecular weight is 228 g/mol. The van der Waals surface area contributed by atoms with Crippen LogP contribution >= 0.6 is 0 Å². The molecule has 5 heteroatoms. The first kappa shape index (κ1) is 12.5. The molecule has 0 spiro atoms. The lowest BCUT2D eigenvalue weighted by Crippen LogP contribution is -2.16. The van der Waals surface area contributed by atoms with Crippen LogP contribution in [0.1, 0.15) is 38.2 Å². The van der Waals surface area contributed by atoms with Crippen molar-refractivity contribution >= 4 is 5.97 Å². The third-order valence-corrected chi connectivity index (χ3v) is 2.50. The molecule has 0 unspecified atom stereocenters. The predicted octanol–water partition coefficient (Wildman–Crippen LogP) is 2.02. The average Bonchev–Trinajstić information content (AvgIpc) is 2.56. The summed E-state index contributed by atoms with van der Waals surface area (Å²) in [7, 11) is 0. The van der Waals surface area contributed by atoms with Crippen molar-refractivity contribution in [1.82, 2.24) is 0 Å². The fraction of sp³-hybridized carbons (Fsp3) is 0.636. The maximum absolute atomic E-state index is 11.5. The van der Waals surface area contributed by atoms with E-state index in [1.807, 2.05) is 13.8 Å². The van der Waals surface area contributed by atoms with Gasteiger partial charge in [0.1, 0.15) is 0 Å². The van der Waals surface area contributed by atoms with Crippen LogP contribution in [0.4, 0.5) is 0 Å². The number of aryl methyl sites for hydroxylation is 1. The van der Waals surface area contributed by atoms with Gasteiger partial charge >= 0.3 is 11.8 Å². The highest BCUT2D eigenvalue weighted by Crippen LogP contribution is 2.12. The van der Waals surface area contributed by atoms with Crippen LogP contribution < -0.4 is 5.82 Å². The van der Waals surface area contributed by atoms with Gasteiger partial charge in [-0.25, -0.2) is 4.79 Å². The van der Waals surface area contributed by atoms with E-state index in [0.29, 0.717) is 5.76 Å². The number of ether oxygens (including phenoxy) is 1. The Hall–Kier alpha value is -1.52. The molecule has 0 saturated carbocycles. The third kappa shape index (κ3) is 2.98. The normalized spacial score (nSPS) is 10.8. The van der Waals surface area contributed by atoms with Crippen LogP contribution in [-0.2, 0) is 16.1 Å². The fourth-order valence-corrected chi connectivity index (χ4v) is 1.38. The zero-order chi connectivity index (χ0) is 12.1. The second kappa shape index (κ2) is 5.53. The molecule has 16 heavy (non-hydrogen) atoms. The van der Waals surface area contributed by atoms with E-state index >= 15 is 0 Å². The lowest BCUT2D eigenvalue weighted by molar-refractivity contribution is -0.150. The van der Waals surface area contributed by atoms with E-state index in [1.54, 1.807) is 6.92 Å². The zero-order valence-electron chi connectivity index (χ0n) is 9.74. The molecule has 0 aliphatic rings. The van der Waals surface area contributed by atoms with E-state index in [4.69, 9.17) is 9.15 Å². The van der Waals surface area contributed by atoms with Gasteiger partial charge in [0.15, 0.2) is 18.1 Å². The molecule has 0 fully saturated rings. The van der Waals surface area contributed by atoms with Crippen molar-refractivity contribution in [3.8, 4) is 0 Å². The molecule has 0 N–H and O–H groups in total. The Morgan fingerprint density at radius 3 is 2.38 bits per heavy atom. The molecular weight excluding hydrogens is 212 g/mol. The van der Waals surface area contributed by atoms with Crippen LogP contribution in [-0.4, -0.2) is 5.97 Å². The van der Waals surface area contributed by atoms with Crippen LogP contribution in [0, 0.1) is 12.8 Å². The van der Waals surface area contributed by atoms with Crippen molar-refractivity contribution in [2.45, 2.75) is 40.2 Å². The summed E-state index contributed by atoms with van der Waals surface area (Å²) in [5, 5.41) is 0. The molecule has 0 atom stereocenters. The third-order valence-electron chi connectivity index (χ3n) is 2.50. The van der Waals surface area contributed by atoms with Crippen molar-refractivity contribution in [2.75, 3.05) is 0 Å². The SMILES string of the molecule is CCC(CC)C(=O)OCc1oc(=O)oc1C. The van der Waals surface area contributed by atoms with E-state index in [9.17, 15) is 9.59 Å². The number of carbonyl (C=O) groups is 1. The van der Waals surface area contributed by atoms with Crippen LogP contribution in [0.3, 0.4) is 0 Å². The van der Waals surface area contributed by atoms with Crippen molar-refractivity contribution in [3.05, 3.63) is 22.1 Å². The van der Waals surface area contributed by atoms with E-state index in [0.717, 1.165) is 12.8 Å². The first-order valence-corrected chi connectivity index (χ1v) is 5.34. The Morgan fingerprint density at radius 2 is 1.94 bits per heavy atom. The first-order chi connectivity index (χ1) is 7.58. The summed E-state index contributed by atoms with van der Waals surface area (Å²) in [6.45, 7) is 5.40. The Balaban J connectivity index is 2.54. The number of hydrogen-bond acceptors (Lipinski definition) is 5. The van der Waals surface area contributed by atoms with Crippen molar-refractivity contribution in [3.63, 3.8) is 0 Å². The summed E-state index contributed by atoms with van der Waals surface area (Å²) in [5.74, 6) is -0.523. The van der Waals surface area contributed by atoms with Crippen LogP contribution in [0.25, 0.3) is 0 Å². The zero-order valence-corrected chi connectivity index (χ0v) is 9.74. The van der Waals surface area contributed by atoms with E-state index in [2.05, 4.69) is 4.42 Å². The van der Waals surface area contributed by atoms with E-state index in [1.165, 1.54) is 0 Å². The monoisotopic (exact) mass is 228 g/mol. The summed E-state index contributed by atoms with van der Waals surface area (Å²) < 4.78 is 14.4. The molecule has 0 aliphatic heterocycles. The highest BCUT2D eigenvalue weighted by molar-refractivity contribution is 5.72. The molecule has 0 aliphatic carbocycles. The lowest BCUT2D eigenvalue weighted by atomic mass is 10.0. The summed E-state index contributed by atoms with van der Waals surface area (Å²) in [6.07, 6.45) is 1.48. The number of esters is 1.